The first-order valence-corrected chi connectivity index (χ1v) is 19.4. The highest BCUT2D eigenvalue weighted by atomic mass is 16.6. The molecule has 0 amide bonds. The number of hydrogen-bond acceptors (Lipinski definition) is 4. The third kappa shape index (κ3) is 5.05. The minimum atomic E-state index is 0.685. The molecule has 0 saturated carbocycles. The number of rotatable bonds is 5. The lowest BCUT2D eigenvalue weighted by molar-refractivity contribution is 0.360. The molecule has 12 rings (SSSR count). The largest absolute Gasteiger partial charge is 0.449 e. The molecule has 0 aliphatic carbocycles. The molecule has 0 N–H and O–H groups in total. The molecule has 6 nitrogen and oxygen atoms in total. The van der Waals surface area contributed by atoms with Crippen molar-refractivity contribution < 1.29 is 9.47 Å². The molecule has 0 spiro atoms. The fourth-order valence-corrected chi connectivity index (χ4v) is 8.57. The minimum Gasteiger partial charge on any atom is -0.449 e. The van der Waals surface area contributed by atoms with Crippen molar-refractivity contribution in [2.45, 2.75) is 0 Å². The van der Waals surface area contributed by atoms with Gasteiger partial charge in [0.05, 0.1) is 33.5 Å². The van der Waals surface area contributed by atoms with Crippen LogP contribution in [0.4, 0.5) is 0 Å². The molecule has 4 heterocycles. The maximum atomic E-state index is 6.53. The molecule has 11 aromatic rings. The van der Waals surface area contributed by atoms with Crippen LogP contribution in [0.3, 0.4) is 0 Å². The van der Waals surface area contributed by atoms with E-state index in [4.69, 9.17) is 19.4 Å². The Morgan fingerprint density at radius 1 is 0.345 bits per heavy atom. The van der Waals surface area contributed by atoms with Crippen LogP contribution in [0.15, 0.2) is 194 Å². The van der Waals surface area contributed by atoms with Gasteiger partial charge < -0.3 is 18.6 Å². The Morgan fingerprint density at radius 3 is 1.71 bits per heavy atom. The van der Waals surface area contributed by atoms with Gasteiger partial charge >= 0.3 is 0 Å². The Bertz CT molecular complexity index is 3330. The Kier molecular flexibility index (Phi) is 7.13. The van der Waals surface area contributed by atoms with E-state index in [0.29, 0.717) is 28.8 Å². The number of benzene rings is 8. The Labute approximate surface area is 333 Å². The van der Waals surface area contributed by atoms with Gasteiger partial charge in [0.1, 0.15) is 0 Å². The summed E-state index contributed by atoms with van der Waals surface area (Å²) >= 11 is 0. The van der Waals surface area contributed by atoms with Gasteiger partial charge in [0, 0.05) is 55.7 Å². The number of ether oxygens (including phenoxy) is 2. The van der Waals surface area contributed by atoms with E-state index in [0.717, 1.165) is 72.3 Å². The van der Waals surface area contributed by atoms with Gasteiger partial charge in [0.25, 0.3) is 0 Å². The molecule has 1 aliphatic rings. The second-order valence-corrected chi connectivity index (χ2v) is 14.6. The summed E-state index contributed by atoms with van der Waals surface area (Å²) in [5, 5.41) is 4.54. The summed E-state index contributed by atoms with van der Waals surface area (Å²) in [6.45, 7) is 0. The Balaban J connectivity index is 1.13. The van der Waals surface area contributed by atoms with Crippen LogP contribution in [0, 0.1) is 0 Å². The van der Waals surface area contributed by atoms with E-state index in [2.05, 4.69) is 143 Å². The molecular weight excluding hydrogens is 713 g/mol. The van der Waals surface area contributed by atoms with Crippen LogP contribution in [0.1, 0.15) is 0 Å². The van der Waals surface area contributed by atoms with Gasteiger partial charge in [-0.1, -0.05) is 127 Å². The number of fused-ring (bicyclic) bond motifs is 9. The SMILES string of the molecule is c1ccc(-c2cc(-c3cccc(-n4c5ccccc5c5ccc6c(c7cc8c(cc7n6-c6ccccc6)Oc6ccccc6O8)c54)c3)nc(-c3ccccc3)n2)cc1. The van der Waals surface area contributed by atoms with Gasteiger partial charge in [0.15, 0.2) is 28.8 Å². The molecule has 1 aliphatic heterocycles. The highest BCUT2D eigenvalue weighted by molar-refractivity contribution is 6.26. The standard InChI is InChI=1S/C52H32N4O2/c1-4-15-33(16-5-1)41-31-42(54-52(53-41)34-17-6-2-7-18-34)35-19-14-22-37(29-35)56-43-24-11-10-23-38(43)39-27-28-44-50(51(39)56)40-30-48-49(58-47-26-13-12-25-46(47)57-48)32-45(40)55(44)36-20-8-3-9-21-36/h1-32H. The molecule has 272 valence electrons. The summed E-state index contributed by atoms with van der Waals surface area (Å²) in [6, 6.07) is 67.2. The van der Waals surface area contributed by atoms with E-state index in [1.54, 1.807) is 0 Å². The van der Waals surface area contributed by atoms with Crippen molar-refractivity contribution in [3.63, 3.8) is 0 Å². The summed E-state index contributed by atoms with van der Waals surface area (Å²) in [4.78, 5) is 10.2. The van der Waals surface area contributed by atoms with Crippen LogP contribution >= 0.6 is 0 Å². The van der Waals surface area contributed by atoms with Crippen molar-refractivity contribution in [2.24, 2.45) is 0 Å². The monoisotopic (exact) mass is 744 g/mol. The van der Waals surface area contributed by atoms with Crippen LogP contribution < -0.4 is 9.47 Å². The van der Waals surface area contributed by atoms with Crippen LogP contribution in [0.5, 0.6) is 23.0 Å². The molecule has 0 unspecified atom stereocenters. The van der Waals surface area contributed by atoms with E-state index in [-0.39, 0.29) is 0 Å². The molecule has 0 bridgehead atoms. The lowest BCUT2D eigenvalue weighted by atomic mass is 10.1. The first-order chi connectivity index (χ1) is 28.7. The quantitative estimate of drug-likeness (QED) is 0.176. The van der Waals surface area contributed by atoms with Gasteiger partial charge in [-0.15, -0.1) is 0 Å². The first kappa shape index (κ1) is 32.3. The average Bonchev–Trinajstić information content (AvgIpc) is 3.80. The van der Waals surface area contributed by atoms with Crippen LogP contribution in [0.2, 0.25) is 0 Å². The minimum absolute atomic E-state index is 0.685. The van der Waals surface area contributed by atoms with Crippen molar-refractivity contribution in [1.82, 2.24) is 19.1 Å². The Hall–Kier alpha value is -7.96. The zero-order valence-corrected chi connectivity index (χ0v) is 31.1. The van der Waals surface area contributed by atoms with E-state index >= 15 is 0 Å². The lowest BCUT2D eigenvalue weighted by Crippen LogP contribution is -1.99. The predicted molar refractivity (Wildman–Crippen MR) is 234 cm³/mol. The molecular formula is C52H32N4O2. The Morgan fingerprint density at radius 2 is 0.948 bits per heavy atom. The van der Waals surface area contributed by atoms with Crippen molar-refractivity contribution in [3.8, 4) is 68.3 Å². The van der Waals surface area contributed by atoms with Crippen molar-refractivity contribution in [3.05, 3.63) is 194 Å². The number of hydrogen-bond donors (Lipinski definition) is 0. The molecule has 58 heavy (non-hydrogen) atoms. The summed E-state index contributed by atoms with van der Waals surface area (Å²) in [7, 11) is 0. The van der Waals surface area contributed by atoms with Crippen molar-refractivity contribution in [1.29, 1.82) is 0 Å². The summed E-state index contributed by atoms with van der Waals surface area (Å²) in [5.74, 6) is 3.46. The van der Waals surface area contributed by atoms with Gasteiger partial charge in [-0.05, 0) is 60.7 Å². The average molecular weight is 745 g/mol. The van der Waals surface area contributed by atoms with Crippen LogP contribution in [-0.2, 0) is 0 Å². The lowest BCUT2D eigenvalue weighted by Gasteiger charge is -2.20. The third-order valence-corrected chi connectivity index (χ3v) is 11.2. The molecule has 0 atom stereocenters. The second-order valence-electron chi connectivity index (χ2n) is 14.6. The van der Waals surface area contributed by atoms with E-state index < -0.39 is 0 Å². The van der Waals surface area contributed by atoms with E-state index in [9.17, 15) is 0 Å². The van der Waals surface area contributed by atoms with Crippen molar-refractivity contribution >= 4 is 43.6 Å². The highest BCUT2D eigenvalue weighted by Crippen LogP contribution is 2.50. The summed E-state index contributed by atoms with van der Waals surface area (Å²) < 4.78 is 17.8. The smallest absolute Gasteiger partial charge is 0.172 e. The topological polar surface area (TPSA) is 54.1 Å². The number of para-hydroxylation sites is 4. The van der Waals surface area contributed by atoms with Gasteiger partial charge in [-0.2, -0.15) is 0 Å². The van der Waals surface area contributed by atoms with E-state index in [1.165, 1.54) is 10.8 Å². The predicted octanol–water partition coefficient (Wildman–Crippen LogP) is 13.6. The molecule has 8 aromatic carbocycles. The third-order valence-electron chi connectivity index (χ3n) is 11.2. The number of aromatic nitrogens is 4. The maximum absolute atomic E-state index is 6.53. The molecule has 0 radical (unpaired) electrons. The van der Waals surface area contributed by atoms with Gasteiger partial charge in [-0.3, -0.25) is 0 Å². The van der Waals surface area contributed by atoms with Crippen molar-refractivity contribution in [2.75, 3.05) is 0 Å². The van der Waals surface area contributed by atoms with Gasteiger partial charge in [0.2, 0.25) is 0 Å². The molecule has 0 fully saturated rings. The fourth-order valence-electron chi connectivity index (χ4n) is 8.57. The first-order valence-electron chi connectivity index (χ1n) is 19.4. The zero-order valence-electron chi connectivity index (χ0n) is 31.1. The number of nitrogens with zero attached hydrogens (tertiary/aromatic N) is 4. The normalized spacial score (nSPS) is 12.1. The fraction of sp³-hybridized carbons (Fsp3) is 0. The molecule has 6 heteroatoms. The van der Waals surface area contributed by atoms with E-state index in [1.807, 2.05) is 60.7 Å². The van der Waals surface area contributed by atoms with Crippen LogP contribution in [-0.4, -0.2) is 19.1 Å². The van der Waals surface area contributed by atoms with Crippen LogP contribution in [0.25, 0.3) is 88.9 Å². The summed E-state index contributed by atoms with van der Waals surface area (Å²) in [5.41, 5.74) is 11.2. The molecule has 0 saturated heterocycles. The highest BCUT2D eigenvalue weighted by Gasteiger charge is 2.26. The maximum Gasteiger partial charge on any atom is 0.172 e. The summed E-state index contributed by atoms with van der Waals surface area (Å²) in [6.07, 6.45) is 0. The zero-order chi connectivity index (χ0) is 38.2. The second kappa shape index (κ2) is 12.8. The van der Waals surface area contributed by atoms with Gasteiger partial charge in [-0.25, -0.2) is 9.97 Å². The molecule has 3 aromatic heterocycles.